The molecule has 0 aromatic heterocycles. The molecule has 1 amide bonds. The van der Waals surface area contributed by atoms with E-state index in [0.29, 0.717) is 5.56 Å². The zero-order chi connectivity index (χ0) is 15.5. The molecule has 0 bridgehead atoms. The Balaban J connectivity index is 2.08. The summed E-state index contributed by atoms with van der Waals surface area (Å²) in [4.78, 5) is 12.6. The van der Waals surface area contributed by atoms with E-state index in [1.807, 2.05) is 13.0 Å². The maximum atomic E-state index is 13.6. The van der Waals surface area contributed by atoms with Crippen molar-refractivity contribution in [3.8, 4) is 0 Å². The second-order valence-electron chi connectivity index (χ2n) is 6.07. The van der Waals surface area contributed by atoms with E-state index in [-0.39, 0.29) is 17.8 Å². The van der Waals surface area contributed by atoms with Crippen LogP contribution in [0.15, 0.2) is 18.2 Å². The first-order valence-electron chi connectivity index (χ1n) is 7.80. The van der Waals surface area contributed by atoms with Gasteiger partial charge in [-0.3, -0.25) is 4.79 Å². The fourth-order valence-corrected chi connectivity index (χ4v) is 3.05. The summed E-state index contributed by atoms with van der Waals surface area (Å²) in [7, 11) is 0. The maximum absolute atomic E-state index is 13.6. The molecule has 1 saturated heterocycles. The Morgan fingerprint density at radius 3 is 2.86 bits per heavy atom. The quantitative estimate of drug-likeness (QED) is 0.875. The second-order valence-corrected chi connectivity index (χ2v) is 6.07. The summed E-state index contributed by atoms with van der Waals surface area (Å²) in [5, 5.41) is 6.40. The fraction of sp³-hybridized carbons (Fsp3) is 0.588. The Bertz CT molecular complexity index is 510. The van der Waals surface area contributed by atoms with Crippen LogP contribution in [0.3, 0.4) is 0 Å². The summed E-state index contributed by atoms with van der Waals surface area (Å²) in [6.45, 7) is 6.62. The van der Waals surface area contributed by atoms with E-state index >= 15 is 0 Å². The Hall–Kier alpha value is -1.42. The Morgan fingerprint density at radius 2 is 2.29 bits per heavy atom. The number of hydrogen-bond donors (Lipinski definition) is 2. The van der Waals surface area contributed by atoms with E-state index in [0.717, 1.165) is 37.8 Å². The smallest absolute Gasteiger partial charge is 0.240 e. The van der Waals surface area contributed by atoms with Crippen LogP contribution in [0.5, 0.6) is 0 Å². The number of carbonyl (C=O) groups excluding carboxylic acids is 1. The third kappa shape index (κ3) is 3.43. The number of amides is 1. The lowest BCUT2D eigenvalue weighted by molar-refractivity contribution is -0.128. The minimum absolute atomic E-state index is 0.0373. The third-order valence-electron chi connectivity index (χ3n) is 4.40. The number of halogens is 1. The first-order chi connectivity index (χ1) is 9.98. The van der Waals surface area contributed by atoms with Crippen LogP contribution in [-0.2, 0) is 4.79 Å². The minimum atomic E-state index is -0.438. The molecule has 2 unspecified atom stereocenters. The standard InChI is InChI=1S/C17H25FN2O/c1-4-8-17(9-5-10-19-17)16(21)20-13(3)14-7-6-12(2)15(18)11-14/h6-7,11,13,19H,4-5,8-10H2,1-3H3,(H,20,21). The monoisotopic (exact) mass is 292 g/mol. The number of aryl methyl sites for hydroxylation is 1. The van der Waals surface area contributed by atoms with Gasteiger partial charge in [-0.05, 0) is 56.8 Å². The van der Waals surface area contributed by atoms with Crippen molar-refractivity contribution < 1.29 is 9.18 Å². The van der Waals surface area contributed by atoms with Crippen LogP contribution < -0.4 is 10.6 Å². The van der Waals surface area contributed by atoms with E-state index in [1.165, 1.54) is 6.07 Å². The molecule has 1 heterocycles. The molecule has 0 saturated carbocycles. The van der Waals surface area contributed by atoms with Crippen molar-refractivity contribution in [2.75, 3.05) is 6.54 Å². The summed E-state index contributed by atoms with van der Waals surface area (Å²) in [5.41, 5.74) is 0.986. The van der Waals surface area contributed by atoms with Gasteiger partial charge in [-0.2, -0.15) is 0 Å². The molecule has 2 N–H and O–H groups in total. The van der Waals surface area contributed by atoms with E-state index < -0.39 is 5.54 Å². The van der Waals surface area contributed by atoms with Crippen LogP contribution >= 0.6 is 0 Å². The summed E-state index contributed by atoms with van der Waals surface area (Å²) in [6, 6.07) is 4.94. The highest BCUT2D eigenvalue weighted by Gasteiger charge is 2.40. The minimum Gasteiger partial charge on any atom is -0.348 e. The van der Waals surface area contributed by atoms with Crippen LogP contribution in [0.1, 0.15) is 56.7 Å². The molecule has 21 heavy (non-hydrogen) atoms. The van der Waals surface area contributed by atoms with Crippen LogP contribution in [0, 0.1) is 12.7 Å². The Labute approximate surface area is 126 Å². The highest BCUT2D eigenvalue weighted by Crippen LogP contribution is 2.26. The van der Waals surface area contributed by atoms with E-state index in [1.54, 1.807) is 13.0 Å². The number of hydrogen-bond acceptors (Lipinski definition) is 2. The van der Waals surface area contributed by atoms with Gasteiger partial charge in [-0.1, -0.05) is 25.5 Å². The molecule has 4 heteroatoms. The van der Waals surface area contributed by atoms with Crippen LogP contribution in [0.2, 0.25) is 0 Å². The summed E-state index contributed by atoms with van der Waals surface area (Å²) < 4.78 is 13.6. The molecule has 2 rings (SSSR count). The average molecular weight is 292 g/mol. The van der Waals surface area contributed by atoms with Crippen molar-refractivity contribution in [3.63, 3.8) is 0 Å². The van der Waals surface area contributed by atoms with E-state index in [9.17, 15) is 9.18 Å². The molecule has 0 radical (unpaired) electrons. The zero-order valence-corrected chi connectivity index (χ0v) is 13.1. The van der Waals surface area contributed by atoms with Gasteiger partial charge in [-0.15, -0.1) is 0 Å². The predicted molar refractivity (Wildman–Crippen MR) is 82.6 cm³/mol. The van der Waals surface area contributed by atoms with Crippen molar-refractivity contribution in [2.45, 2.75) is 58.0 Å². The molecular weight excluding hydrogens is 267 g/mol. The lowest BCUT2D eigenvalue weighted by Crippen LogP contribution is -2.53. The lowest BCUT2D eigenvalue weighted by Gasteiger charge is -2.29. The van der Waals surface area contributed by atoms with Gasteiger partial charge in [0.05, 0.1) is 11.6 Å². The predicted octanol–water partition coefficient (Wildman–Crippen LogP) is 3.23. The molecule has 116 valence electrons. The molecule has 1 fully saturated rings. The molecule has 3 nitrogen and oxygen atoms in total. The SMILES string of the molecule is CCCC1(C(=O)NC(C)c2ccc(C)c(F)c2)CCCN1. The van der Waals surface area contributed by atoms with Crippen molar-refractivity contribution in [1.29, 1.82) is 0 Å². The average Bonchev–Trinajstić information content (AvgIpc) is 2.92. The van der Waals surface area contributed by atoms with Gasteiger partial charge in [0, 0.05) is 0 Å². The molecule has 0 spiro atoms. The fourth-order valence-electron chi connectivity index (χ4n) is 3.05. The first-order valence-corrected chi connectivity index (χ1v) is 7.80. The van der Waals surface area contributed by atoms with Gasteiger partial charge >= 0.3 is 0 Å². The first kappa shape index (κ1) is 16.0. The summed E-state index contributed by atoms with van der Waals surface area (Å²) >= 11 is 0. The lowest BCUT2D eigenvalue weighted by atomic mass is 9.90. The molecule has 1 aromatic carbocycles. The van der Waals surface area contributed by atoms with Gasteiger partial charge in [0.25, 0.3) is 0 Å². The highest BCUT2D eigenvalue weighted by atomic mass is 19.1. The van der Waals surface area contributed by atoms with Gasteiger partial charge in [0.15, 0.2) is 0 Å². The number of nitrogens with one attached hydrogen (secondary N) is 2. The van der Waals surface area contributed by atoms with Crippen molar-refractivity contribution in [2.24, 2.45) is 0 Å². The van der Waals surface area contributed by atoms with Gasteiger partial charge in [0.2, 0.25) is 5.91 Å². The normalized spacial score (nSPS) is 23.0. The van der Waals surface area contributed by atoms with E-state index in [4.69, 9.17) is 0 Å². The maximum Gasteiger partial charge on any atom is 0.240 e. The Kier molecular flexibility index (Phi) is 4.99. The molecule has 1 aliphatic rings. The topological polar surface area (TPSA) is 41.1 Å². The summed E-state index contributed by atoms with van der Waals surface area (Å²) in [6.07, 6.45) is 3.71. The van der Waals surface area contributed by atoms with Gasteiger partial charge in [-0.25, -0.2) is 4.39 Å². The largest absolute Gasteiger partial charge is 0.348 e. The zero-order valence-electron chi connectivity index (χ0n) is 13.1. The van der Waals surface area contributed by atoms with Crippen molar-refractivity contribution in [1.82, 2.24) is 10.6 Å². The van der Waals surface area contributed by atoms with Gasteiger partial charge < -0.3 is 10.6 Å². The van der Waals surface area contributed by atoms with E-state index in [2.05, 4.69) is 17.6 Å². The van der Waals surface area contributed by atoms with Gasteiger partial charge in [0.1, 0.15) is 5.82 Å². The molecule has 1 aliphatic heterocycles. The van der Waals surface area contributed by atoms with Crippen molar-refractivity contribution in [3.05, 3.63) is 35.1 Å². The van der Waals surface area contributed by atoms with Crippen molar-refractivity contribution >= 4 is 5.91 Å². The van der Waals surface area contributed by atoms with Crippen LogP contribution in [0.4, 0.5) is 4.39 Å². The van der Waals surface area contributed by atoms with Crippen LogP contribution in [0.25, 0.3) is 0 Å². The number of carbonyl (C=O) groups is 1. The molecule has 0 aliphatic carbocycles. The summed E-state index contributed by atoms with van der Waals surface area (Å²) in [5.74, 6) is -0.189. The Morgan fingerprint density at radius 1 is 1.52 bits per heavy atom. The molecule has 1 aromatic rings. The highest BCUT2D eigenvalue weighted by molar-refractivity contribution is 5.87. The second kappa shape index (κ2) is 6.56. The third-order valence-corrected chi connectivity index (χ3v) is 4.40. The number of rotatable bonds is 5. The van der Waals surface area contributed by atoms with Crippen LogP contribution in [-0.4, -0.2) is 18.0 Å². The molecule has 2 atom stereocenters. The number of benzene rings is 1. The molecular formula is C17H25FN2O.